The molecule has 1 aliphatic carbocycles. The average molecular weight is 286 g/mol. The van der Waals surface area contributed by atoms with Crippen LogP contribution in [0.25, 0.3) is 0 Å². The van der Waals surface area contributed by atoms with Gasteiger partial charge in [-0.3, -0.25) is 10.1 Å². The Labute approximate surface area is 120 Å². The van der Waals surface area contributed by atoms with Gasteiger partial charge in [0.2, 0.25) is 5.89 Å². The average Bonchev–Trinajstić information content (AvgIpc) is 3.20. The summed E-state index contributed by atoms with van der Waals surface area (Å²) < 4.78 is 5.33. The summed E-state index contributed by atoms with van der Waals surface area (Å²) in [7, 11) is 0. The number of ketones is 1. The zero-order valence-electron chi connectivity index (χ0n) is 11.4. The Bertz CT molecular complexity index is 674. The largest absolute Gasteiger partial charge is 0.408 e. The van der Waals surface area contributed by atoms with Crippen molar-refractivity contribution in [1.82, 2.24) is 10.2 Å². The molecule has 7 heteroatoms. The van der Waals surface area contributed by atoms with Crippen LogP contribution in [0.2, 0.25) is 0 Å². The van der Waals surface area contributed by atoms with E-state index in [0.29, 0.717) is 23.1 Å². The van der Waals surface area contributed by atoms with Crippen molar-refractivity contribution in [1.29, 1.82) is 0 Å². The van der Waals surface area contributed by atoms with Crippen molar-refractivity contribution < 1.29 is 14.0 Å². The lowest BCUT2D eigenvalue weighted by molar-refractivity contribution is 0.101. The van der Waals surface area contributed by atoms with Gasteiger partial charge in [-0.05, 0) is 44.0 Å². The topological polar surface area (TPSA) is 97.1 Å². The maximum Gasteiger partial charge on any atom is 0.327 e. The predicted octanol–water partition coefficient (Wildman–Crippen LogP) is 2.79. The highest BCUT2D eigenvalue weighted by molar-refractivity contribution is 5.99. The van der Waals surface area contributed by atoms with Crippen LogP contribution in [-0.2, 0) is 0 Å². The lowest BCUT2D eigenvalue weighted by atomic mass is 10.1. The van der Waals surface area contributed by atoms with Gasteiger partial charge in [0.15, 0.2) is 5.78 Å². The summed E-state index contributed by atoms with van der Waals surface area (Å²) in [6.07, 6.45) is 2.10. The Morgan fingerprint density at radius 3 is 2.48 bits per heavy atom. The van der Waals surface area contributed by atoms with E-state index in [-0.39, 0.29) is 11.8 Å². The highest BCUT2D eigenvalue weighted by Crippen LogP contribution is 2.39. The minimum absolute atomic E-state index is 0.0236. The number of carbonyl (C=O) groups is 2. The minimum atomic E-state index is -0.475. The Morgan fingerprint density at radius 2 is 1.86 bits per heavy atom. The Hall–Kier alpha value is -2.70. The third-order valence-electron chi connectivity index (χ3n) is 3.14. The molecule has 2 aromatic rings. The van der Waals surface area contributed by atoms with Crippen molar-refractivity contribution in [2.75, 3.05) is 10.6 Å². The van der Waals surface area contributed by atoms with E-state index in [9.17, 15) is 9.59 Å². The fourth-order valence-corrected chi connectivity index (χ4v) is 1.83. The van der Waals surface area contributed by atoms with Gasteiger partial charge in [0.25, 0.3) is 0 Å². The highest BCUT2D eigenvalue weighted by atomic mass is 16.4. The molecule has 0 spiro atoms. The van der Waals surface area contributed by atoms with Gasteiger partial charge < -0.3 is 9.73 Å². The summed E-state index contributed by atoms with van der Waals surface area (Å²) in [5.74, 6) is 0.885. The van der Waals surface area contributed by atoms with Crippen LogP contribution in [0.4, 0.5) is 16.5 Å². The molecule has 1 fully saturated rings. The quantitative estimate of drug-likeness (QED) is 0.842. The second kappa shape index (κ2) is 5.35. The summed E-state index contributed by atoms with van der Waals surface area (Å²) in [6.45, 7) is 1.49. The summed E-state index contributed by atoms with van der Waals surface area (Å²) in [5, 5.41) is 12.7. The number of hydrogen-bond donors (Lipinski definition) is 2. The van der Waals surface area contributed by atoms with Gasteiger partial charge in [-0.1, -0.05) is 5.10 Å². The molecule has 1 aliphatic rings. The second-order valence-electron chi connectivity index (χ2n) is 4.93. The number of nitrogens with zero attached hydrogens (tertiary/aromatic N) is 2. The van der Waals surface area contributed by atoms with Crippen molar-refractivity contribution in [2.24, 2.45) is 0 Å². The molecule has 2 amide bonds. The number of benzene rings is 1. The maximum atomic E-state index is 11.8. The maximum absolute atomic E-state index is 11.8. The molecule has 0 aliphatic heterocycles. The molecule has 7 nitrogen and oxygen atoms in total. The van der Waals surface area contributed by atoms with Gasteiger partial charge in [-0.15, -0.1) is 5.10 Å². The molecule has 21 heavy (non-hydrogen) atoms. The molecule has 3 rings (SSSR count). The minimum Gasteiger partial charge on any atom is -0.408 e. The van der Waals surface area contributed by atoms with Crippen LogP contribution in [-0.4, -0.2) is 22.0 Å². The van der Waals surface area contributed by atoms with Crippen molar-refractivity contribution in [2.45, 2.75) is 25.7 Å². The van der Waals surface area contributed by atoms with E-state index in [2.05, 4.69) is 20.8 Å². The van der Waals surface area contributed by atoms with Crippen molar-refractivity contribution in [3.05, 3.63) is 35.7 Å². The number of Topliss-reactive ketones (excluding diaryl/α,β-unsaturated/α-hetero) is 1. The molecular weight excluding hydrogens is 272 g/mol. The molecule has 108 valence electrons. The van der Waals surface area contributed by atoms with Crippen molar-refractivity contribution >= 4 is 23.5 Å². The Morgan fingerprint density at radius 1 is 1.14 bits per heavy atom. The first kappa shape index (κ1) is 13.3. The molecule has 0 unspecified atom stereocenters. The number of amides is 2. The smallest absolute Gasteiger partial charge is 0.327 e. The van der Waals surface area contributed by atoms with E-state index >= 15 is 0 Å². The zero-order chi connectivity index (χ0) is 14.8. The van der Waals surface area contributed by atoms with Gasteiger partial charge in [0.1, 0.15) is 0 Å². The zero-order valence-corrected chi connectivity index (χ0v) is 11.4. The van der Waals surface area contributed by atoms with E-state index < -0.39 is 6.03 Å². The predicted molar refractivity (Wildman–Crippen MR) is 75.4 cm³/mol. The van der Waals surface area contributed by atoms with Crippen LogP contribution in [0.5, 0.6) is 0 Å². The summed E-state index contributed by atoms with van der Waals surface area (Å²) >= 11 is 0. The highest BCUT2D eigenvalue weighted by Gasteiger charge is 2.29. The molecule has 0 atom stereocenters. The first-order valence-electron chi connectivity index (χ1n) is 6.64. The molecule has 1 heterocycles. The third-order valence-corrected chi connectivity index (χ3v) is 3.14. The molecule has 1 aromatic heterocycles. The lowest BCUT2D eigenvalue weighted by Gasteiger charge is -2.05. The molecule has 0 saturated heterocycles. The Balaban J connectivity index is 1.58. The van der Waals surface area contributed by atoms with Crippen LogP contribution in [0.3, 0.4) is 0 Å². The lowest BCUT2D eigenvalue weighted by Crippen LogP contribution is -2.19. The van der Waals surface area contributed by atoms with Gasteiger partial charge in [-0.25, -0.2) is 4.79 Å². The fourth-order valence-electron chi connectivity index (χ4n) is 1.83. The molecule has 0 radical (unpaired) electrons. The van der Waals surface area contributed by atoms with Crippen LogP contribution in [0, 0.1) is 0 Å². The first-order valence-corrected chi connectivity index (χ1v) is 6.64. The Kier molecular flexibility index (Phi) is 3.39. The monoisotopic (exact) mass is 286 g/mol. The fraction of sp³-hybridized carbons (Fsp3) is 0.286. The normalized spacial score (nSPS) is 13.8. The van der Waals surface area contributed by atoms with Gasteiger partial charge >= 0.3 is 12.0 Å². The van der Waals surface area contributed by atoms with Crippen LogP contribution in [0.15, 0.2) is 28.7 Å². The van der Waals surface area contributed by atoms with Crippen molar-refractivity contribution in [3.63, 3.8) is 0 Å². The summed E-state index contributed by atoms with van der Waals surface area (Å²) in [5.41, 5.74) is 1.16. The summed E-state index contributed by atoms with van der Waals surface area (Å²) in [4.78, 5) is 22.9. The molecule has 2 N–H and O–H groups in total. The van der Waals surface area contributed by atoms with E-state index in [4.69, 9.17) is 4.42 Å². The van der Waals surface area contributed by atoms with E-state index in [1.165, 1.54) is 6.92 Å². The van der Waals surface area contributed by atoms with Crippen LogP contribution >= 0.6 is 0 Å². The van der Waals surface area contributed by atoms with E-state index in [0.717, 1.165) is 12.8 Å². The number of hydrogen-bond acceptors (Lipinski definition) is 5. The molecule has 1 aromatic carbocycles. The molecule has 0 bridgehead atoms. The number of carbonyl (C=O) groups excluding carboxylic acids is 2. The van der Waals surface area contributed by atoms with E-state index in [1.54, 1.807) is 24.3 Å². The first-order chi connectivity index (χ1) is 10.1. The van der Waals surface area contributed by atoms with Crippen LogP contribution in [0.1, 0.15) is 41.9 Å². The van der Waals surface area contributed by atoms with Gasteiger partial charge in [-0.2, -0.15) is 0 Å². The SMILES string of the molecule is CC(=O)c1ccc(NC(=O)Nc2nnc(C3CC3)o2)cc1. The number of anilines is 2. The molecule has 1 saturated carbocycles. The third kappa shape index (κ3) is 3.25. The van der Waals surface area contributed by atoms with Gasteiger partial charge in [0.05, 0.1) is 0 Å². The number of rotatable bonds is 4. The number of aromatic nitrogens is 2. The second-order valence-corrected chi connectivity index (χ2v) is 4.93. The van der Waals surface area contributed by atoms with Gasteiger partial charge in [0, 0.05) is 17.2 Å². The van der Waals surface area contributed by atoms with Crippen LogP contribution < -0.4 is 10.6 Å². The molecular formula is C14H14N4O3. The van der Waals surface area contributed by atoms with Crippen molar-refractivity contribution in [3.8, 4) is 0 Å². The summed E-state index contributed by atoms with van der Waals surface area (Å²) in [6, 6.07) is 6.21. The van der Waals surface area contributed by atoms with E-state index in [1.807, 2.05) is 0 Å². The number of urea groups is 1. The standard InChI is InChI=1S/C14H14N4O3/c1-8(19)9-4-6-11(7-5-9)15-13(20)16-14-18-17-12(21-14)10-2-3-10/h4-7,10H,2-3H2,1H3,(H2,15,16,18,20). The number of nitrogens with one attached hydrogen (secondary N) is 2.